The minimum atomic E-state index is -4.73. The summed E-state index contributed by atoms with van der Waals surface area (Å²) in [5.41, 5.74) is 0.332. The summed E-state index contributed by atoms with van der Waals surface area (Å²) < 4.78 is 21.1. The molecule has 3 aromatic rings. The Hall–Kier alpha value is -3.11. The van der Waals surface area contributed by atoms with Crippen LogP contribution in [0.3, 0.4) is 0 Å². The number of nitrogens with one attached hydrogen (secondary N) is 1. The van der Waals surface area contributed by atoms with E-state index in [0.29, 0.717) is 15.9 Å². The van der Waals surface area contributed by atoms with Crippen LogP contribution in [0.5, 0.6) is 11.5 Å². The van der Waals surface area contributed by atoms with Crippen molar-refractivity contribution in [2.45, 2.75) is 20.1 Å². The number of pyridine rings is 2. The van der Waals surface area contributed by atoms with Crippen molar-refractivity contribution in [3.05, 3.63) is 57.6 Å². The molecule has 160 valence electrons. The predicted octanol–water partition coefficient (Wildman–Crippen LogP) is 1.88. The number of anilines is 1. The molecule has 30 heavy (non-hydrogen) atoms. The first-order chi connectivity index (χ1) is 14.1. The number of hydrogen-bond donors (Lipinski definition) is 5. The summed E-state index contributed by atoms with van der Waals surface area (Å²) in [5, 5.41) is 24.0. The average molecular weight is 437 g/mol. The summed E-state index contributed by atoms with van der Waals surface area (Å²) in [5.74, 6) is 0.265. The van der Waals surface area contributed by atoms with Gasteiger partial charge in [-0.25, -0.2) is 4.57 Å². The number of nitrogens with zero attached hydrogens (tertiary/aromatic N) is 2. The van der Waals surface area contributed by atoms with Gasteiger partial charge in [0.15, 0.2) is 0 Å². The number of methoxy groups -OCH3 is 1. The van der Waals surface area contributed by atoms with Gasteiger partial charge in [-0.05, 0) is 25.1 Å². The number of benzene rings is 1. The van der Waals surface area contributed by atoms with Crippen LogP contribution < -0.4 is 15.6 Å². The van der Waals surface area contributed by atoms with E-state index in [2.05, 4.69) is 14.8 Å². The van der Waals surface area contributed by atoms with Crippen LogP contribution in [-0.4, -0.2) is 36.9 Å². The Morgan fingerprint density at radius 2 is 2.00 bits per heavy atom. The molecule has 1 aromatic carbocycles. The van der Waals surface area contributed by atoms with Crippen molar-refractivity contribution in [3.8, 4) is 11.5 Å². The minimum absolute atomic E-state index is 0.0471. The van der Waals surface area contributed by atoms with Crippen molar-refractivity contribution in [1.82, 2.24) is 9.71 Å². The molecule has 0 atom stereocenters. The summed E-state index contributed by atoms with van der Waals surface area (Å²) >= 11 is 0. The molecule has 2 heterocycles. The van der Waals surface area contributed by atoms with Crippen molar-refractivity contribution in [2.75, 3.05) is 12.4 Å². The highest BCUT2D eigenvalue weighted by molar-refractivity contribution is 7.46. The van der Waals surface area contributed by atoms with Gasteiger partial charge in [-0.3, -0.25) is 14.3 Å². The molecule has 0 aliphatic carbocycles. The number of aromatic nitrogens is 2. The van der Waals surface area contributed by atoms with E-state index in [4.69, 9.17) is 14.5 Å². The lowest BCUT2D eigenvalue weighted by atomic mass is 10.1. The van der Waals surface area contributed by atoms with Crippen LogP contribution in [0.2, 0.25) is 0 Å². The minimum Gasteiger partial charge on any atom is -0.506 e. The van der Waals surface area contributed by atoms with Crippen LogP contribution in [0.1, 0.15) is 16.8 Å². The Morgan fingerprint density at radius 1 is 1.27 bits per heavy atom. The second kappa shape index (κ2) is 8.33. The van der Waals surface area contributed by atoms with Gasteiger partial charge in [-0.1, -0.05) is 0 Å². The zero-order valence-electron chi connectivity index (χ0n) is 16.1. The molecule has 3 rings (SSSR count). The van der Waals surface area contributed by atoms with Gasteiger partial charge in [-0.15, -0.1) is 4.73 Å². The maximum atomic E-state index is 12.5. The monoisotopic (exact) mass is 437 g/mol. The first kappa shape index (κ1) is 21.6. The lowest BCUT2D eigenvalue weighted by molar-refractivity contribution is 0.187. The van der Waals surface area contributed by atoms with Crippen LogP contribution in [0.25, 0.3) is 10.9 Å². The summed E-state index contributed by atoms with van der Waals surface area (Å²) in [7, 11) is -3.26. The molecule has 0 amide bonds. The zero-order valence-corrected chi connectivity index (χ0v) is 17.0. The zero-order chi connectivity index (χ0) is 22.1. The van der Waals surface area contributed by atoms with Gasteiger partial charge in [0, 0.05) is 35.3 Å². The lowest BCUT2D eigenvalue weighted by Crippen LogP contribution is -2.22. The van der Waals surface area contributed by atoms with E-state index >= 15 is 0 Å². The van der Waals surface area contributed by atoms with Gasteiger partial charge < -0.3 is 30.2 Å². The number of hydrogen-bond acceptors (Lipinski definition) is 8. The van der Waals surface area contributed by atoms with E-state index in [-0.39, 0.29) is 40.3 Å². The smallest absolute Gasteiger partial charge is 0.469 e. The Morgan fingerprint density at radius 3 is 2.67 bits per heavy atom. The molecule has 0 saturated heterocycles. The quantitative estimate of drug-likeness (QED) is 0.272. The number of phosphoric ester groups is 1. The highest BCUT2D eigenvalue weighted by Gasteiger charge is 2.19. The molecule has 0 spiro atoms. The molecule has 0 unspecified atom stereocenters. The fourth-order valence-corrected chi connectivity index (χ4v) is 3.17. The van der Waals surface area contributed by atoms with E-state index in [1.807, 2.05) is 0 Å². The van der Waals surface area contributed by atoms with Crippen LogP contribution in [0, 0.1) is 6.92 Å². The third kappa shape index (κ3) is 4.55. The maximum absolute atomic E-state index is 12.5. The van der Waals surface area contributed by atoms with Gasteiger partial charge in [0.1, 0.15) is 17.2 Å². The van der Waals surface area contributed by atoms with Crippen molar-refractivity contribution in [1.29, 1.82) is 0 Å². The molecule has 0 aliphatic heterocycles. The normalized spacial score (nSPS) is 11.6. The van der Waals surface area contributed by atoms with Crippen molar-refractivity contribution >= 4 is 24.4 Å². The highest BCUT2D eigenvalue weighted by Crippen LogP contribution is 2.38. The van der Waals surface area contributed by atoms with E-state index in [1.54, 1.807) is 19.1 Å². The number of rotatable bonds is 7. The third-order valence-corrected chi connectivity index (χ3v) is 4.93. The molecule has 2 aromatic heterocycles. The van der Waals surface area contributed by atoms with E-state index in [1.165, 1.54) is 25.4 Å². The summed E-state index contributed by atoms with van der Waals surface area (Å²) in [6.07, 6.45) is 1.32. The van der Waals surface area contributed by atoms with E-state index < -0.39 is 20.0 Å². The number of phosphoric acid groups is 1. The topological polar surface area (TPSA) is 163 Å². The molecule has 12 heteroatoms. The molecule has 0 bridgehead atoms. The molecular weight excluding hydrogens is 417 g/mol. The molecule has 5 N–H and O–H groups in total. The molecular formula is C18H20N3O8P. The number of aromatic hydroxyl groups is 1. The second-order valence-corrected chi connectivity index (χ2v) is 7.65. The van der Waals surface area contributed by atoms with Crippen LogP contribution >= 0.6 is 7.82 Å². The molecule has 11 nitrogen and oxygen atoms in total. The van der Waals surface area contributed by atoms with Gasteiger partial charge >= 0.3 is 13.4 Å². The molecule has 0 fully saturated rings. The summed E-state index contributed by atoms with van der Waals surface area (Å²) in [6.45, 7) is 0.965. The SMILES string of the molecule is COc1ccc2cc(NCc3c(COP(=O)(O)O)cnc(C)c3O)c(=O)n(O)c2c1. The standard InChI is InChI=1S/C18H20N3O8P/c1-10-17(22)14(12(7-19-10)9-29-30(25,26)27)8-20-15-5-11-3-4-13(28-2)6-16(11)21(24)18(15)23/h3-7,20,22,24H,8-9H2,1-2H3,(H2,25,26,27). The number of fused-ring (bicyclic) bond motifs is 1. The van der Waals surface area contributed by atoms with Crippen molar-refractivity contribution in [3.63, 3.8) is 0 Å². The van der Waals surface area contributed by atoms with Crippen LogP contribution in [-0.2, 0) is 22.2 Å². The third-order valence-electron chi connectivity index (χ3n) is 4.46. The van der Waals surface area contributed by atoms with E-state index in [0.717, 1.165) is 0 Å². The highest BCUT2D eigenvalue weighted by atomic mass is 31.2. The summed E-state index contributed by atoms with van der Waals surface area (Å²) in [6, 6.07) is 6.38. The molecule has 0 radical (unpaired) electrons. The Balaban J connectivity index is 1.94. The number of aryl methyl sites for hydroxylation is 1. The van der Waals surface area contributed by atoms with Crippen LogP contribution in [0.4, 0.5) is 5.69 Å². The first-order valence-corrected chi connectivity index (χ1v) is 10.2. The van der Waals surface area contributed by atoms with Gasteiger partial charge in [-0.2, -0.15) is 0 Å². The average Bonchev–Trinajstić information content (AvgIpc) is 2.70. The molecule has 0 aliphatic rings. The van der Waals surface area contributed by atoms with Crippen molar-refractivity contribution in [2.24, 2.45) is 0 Å². The van der Waals surface area contributed by atoms with Gasteiger partial charge in [0.25, 0.3) is 0 Å². The van der Waals surface area contributed by atoms with Gasteiger partial charge in [0.05, 0.1) is 24.9 Å². The Kier molecular flexibility index (Phi) is 5.99. The lowest BCUT2D eigenvalue weighted by Gasteiger charge is -2.15. The van der Waals surface area contributed by atoms with Crippen molar-refractivity contribution < 1.29 is 33.9 Å². The second-order valence-electron chi connectivity index (χ2n) is 6.41. The predicted molar refractivity (Wildman–Crippen MR) is 107 cm³/mol. The molecule has 0 saturated carbocycles. The fourth-order valence-electron chi connectivity index (χ4n) is 2.87. The van der Waals surface area contributed by atoms with Crippen LogP contribution in [0.15, 0.2) is 35.3 Å². The Labute approximate surface area is 170 Å². The van der Waals surface area contributed by atoms with Gasteiger partial charge in [0.2, 0.25) is 0 Å². The fraction of sp³-hybridized carbons (Fsp3) is 0.222. The summed E-state index contributed by atoms with van der Waals surface area (Å²) in [4.78, 5) is 34.3. The largest absolute Gasteiger partial charge is 0.506 e. The first-order valence-electron chi connectivity index (χ1n) is 8.64. The van der Waals surface area contributed by atoms with E-state index in [9.17, 15) is 19.7 Å². The maximum Gasteiger partial charge on any atom is 0.469 e. The Bertz CT molecular complexity index is 1200. The number of ether oxygens (including phenoxy) is 1.